The standard InChI is InChI=1S/C16H16FN3O/c17-12-5-6-14-11(9-12)4-7-15(14)20-16(21)19-10-13-3-1-2-8-18-13/h1-3,5-6,8-9,15H,4,7,10H2,(H2,19,20,21)/t15-/m0/s1. The van der Waals surface area contributed by atoms with Crippen LogP contribution in [0.15, 0.2) is 42.6 Å². The van der Waals surface area contributed by atoms with Gasteiger partial charge in [-0.2, -0.15) is 0 Å². The van der Waals surface area contributed by atoms with Gasteiger partial charge in [0.15, 0.2) is 0 Å². The molecule has 108 valence electrons. The van der Waals surface area contributed by atoms with Crippen LogP contribution in [0.5, 0.6) is 0 Å². The minimum Gasteiger partial charge on any atom is -0.332 e. The fourth-order valence-corrected chi connectivity index (χ4v) is 2.62. The Kier molecular flexibility index (Phi) is 3.81. The fourth-order valence-electron chi connectivity index (χ4n) is 2.62. The predicted octanol–water partition coefficient (Wildman–Crippen LogP) is 2.71. The van der Waals surface area contributed by atoms with Crippen LogP contribution in [-0.2, 0) is 13.0 Å². The lowest BCUT2D eigenvalue weighted by Gasteiger charge is -2.14. The Hall–Kier alpha value is -2.43. The van der Waals surface area contributed by atoms with E-state index in [1.54, 1.807) is 18.3 Å². The monoisotopic (exact) mass is 285 g/mol. The van der Waals surface area contributed by atoms with E-state index in [0.29, 0.717) is 6.54 Å². The number of hydrogen-bond acceptors (Lipinski definition) is 2. The van der Waals surface area contributed by atoms with E-state index in [1.165, 1.54) is 6.07 Å². The number of halogens is 1. The molecule has 3 rings (SSSR count). The summed E-state index contributed by atoms with van der Waals surface area (Å²) in [7, 11) is 0. The van der Waals surface area contributed by atoms with Gasteiger partial charge in [-0.15, -0.1) is 0 Å². The van der Waals surface area contributed by atoms with Gasteiger partial charge in [-0.25, -0.2) is 9.18 Å². The first-order valence-corrected chi connectivity index (χ1v) is 6.95. The molecule has 1 aromatic carbocycles. The van der Waals surface area contributed by atoms with E-state index < -0.39 is 0 Å². The first kappa shape index (κ1) is 13.5. The van der Waals surface area contributed by atoms with Crippen molar-refractivity contribution in [3.05, 3.63) is 65.2 Å². The van der Waals surface area contributed by atoms with Gasteiger partial charge in [0.2, 0.25) is 0 Å². The number of rotatable bonds is 3. The number of aromatic nitrogens is 1. The number of carbonyl (C=O) groups excluding carboxylic acids is 1. The summed E-state index contributed by atoms with van der Waals surface area (Å²) in [6.07, 6.45) is 3.28. The Bertz CT molecular complexity index is 645. The van der Waals surface area contributed by atoms with Crippen LogP contribution in [-0.4, -0.2) is 11.0 Å². The van der Waals surface area contributed by atoms with Crippen LogP contribution in [0.25, 0.3) is 0 Å². The van der Waals surface area contributed by atoms with Crippen molar-refractivity contribution in [2.24, 2.45) is 0 Å². The van der Waals surface area contributed by atoms with Crippen molar-refractivity contribution in [3.8, 4) is 0 Å². The number of benzene rings is 1. The van der Waals surface area contributed by atoms with Crippen LogP contribution in [0.3, 0.4) is 0 Å². The van der Waals surface area contributed by atoms with E-state index in [0.717, 1.165) is 29.7 Å². The maximum absolute atomic E-state index is 13.2. The van der Waals surface area contributed by atoms with Gasteiger partial charge >= 0.3 is 6.03 Å². The van der Waals surface area contributed by atoms with E-state index in [4.69, 9.17) is 0 Å². The van der Waals surface area contributed by atoms with Crippen molar-refractivity contribution < 1.29 is 9.18 Å². The van der Waals surface area contributed by atoms with E-state index in [-0.39, 0.29) is 17.9 Å². The Balaban J connectivity index is 1.57. The van der Waals surface area contributed by atoms with Gasteiger partial charge in [-0.05, 0) is 48.2 Å². The summed E-state index contributed by atoms with van der Waals surface area (Å²) >= 11 is 0. The van der Waals surface area contributed by atoms with Crippen LogP contribution in [0.1, 0.15) is 29.3 Å². The molecule has 0 unspecified atom stereocenters. The zero-order valence-electron chi connectivity index (χ0n) is 11.5. The minimum atomic E-state index is -0.233. The zero-order chi connectivity index (χ0) is 14.7. The number of fused-ring (bicyclic) bond motifs is 1. The van der Waals surface area contributed by atoms with Crippen molar-refractivity contribution in [2.45, 2.75) is 25.4 Å². The Morgan fingerprint density at radius 3 is 3.05 bits per heavy atom. The molecular formula is C16H16FN3O. The van der Waals surface area contributed by atoms with Gasteiger partial charge in [0.1, 0.15) is 5.82 Å². The smallest absolute Gasteiger partial charge is 0.315 e. The van der Waals surface area contributed by atoms with Gasteiger partial charge in [0, 0.05) is 6.20 Å². The first-order chi connectivity index (χ1) is 10.2. The first-order valence-electron chi connectivity index (χ1n) is 6.95. The highest BCUT2D eigenvalue weighted by atomic mass is 19.1. The molecule has 1 aliphatic rings. The van der Waals surface area contributed by atoms with Crippen LogP contribution < -0.4 is 10.6 Å². The molecule has 4 nitrogen and oxygen atoms in total. The second kappa shape index (κ2) is 5.91. The normalized spacial score (nSPS) is 16.3. The molecular weight excluding hydrogens is 269 g/mol. The topological polar surface area (TPSA) is 54.0 Å². The summed E-state index contributed by atoms with van der Waals surface area (Å²) in [4.78, 5) is 16.1. The predicted molar refractivity (Wildman–Crippen MR) is 77.1 cm³/mol. The molecule has 0 radical (unpaired) electrons. The highest BCUT2D eigenvalue weighted by Gasteiger charge is 2.24. The summed E-state index contributed by atoms with van der Waals surface area (Å²) in [6.45, 7) is 0.385. The second-order valence-electron chi connectivity index (χ2n) is 5.08. The minimum absolute atomic E-state index is 0.0515. The number of urea groups is 1. The van der Waals surface area contributed by atoms with Gasteiger partial charge in [-0.1, -0.05) is 12.1 Å². The number of carbonyl (C=O) groups is 1. The second-order valence-corrected chi connectivity index (χ2v) is 5.08. The summed E-state index contributed by atoms with van der Waals surface area (Å²) in [5, 5.41) is 5.71. The van der Waals surface area contributed by atoms with Gasteiger partial charge < -0.3 is 10.6 Å². The molecule has 5 heteroatoms. The Labute approximate surface area is 122 Å². The van der Waals surface area contributed by atoms with Crippen LogP contribution in [0, 0.1) is 5.82 Å². The summed E-state index contributed by atoms with van der Waals surface area (Å²) in [5.74, 6) is -0.228. The van der Waals surface area contributed by atoms with Crippen molar-refractivity contribution in [1.82, 2.24) is 15.6 Å². The molecule has 0 aliphatic heterocycles. The molecule has 1 aliphatic carbocycles. The quantitative estimate of drug-likeness (QED) is 0.911. The van der Waals surface area contributed by atoms with Crippen LogP contribution >= 0.6 is 0 Å². The number of hydrogen-bond donors (Lipinski definition) is 2. The summed E-state index contributed by atoms with van der Waals surface area (Å²) < 4.78 is 13.2. The lowest BCUT2D eigenvalue weighted by Crippen LogP contribution is -2.37. The number of nitrogens with one attached hydrogen (secondary N) is 2. The van der Waals surface area contributed by atoms with E-state index >= 15 is 0 Å². The average Bonchev–Trinajstić information content (AvgIpc) is 2.88. The van der Waals surface area contributed by atoms with Crippen molar-refractivity contribution >= 4 is 6.03 Å². The van der Waals surface area contributed by atoms with E-state index in [9.17, 15) is 9.18 Å². The molecule has 0 bridgehead atoms. The van der Waals surface area contributed by atoms with E-state index in [2.05, 4.69) is 15.6 Å². The van der Waals surface area contributed by atoms with Crippen LogP contribution in [0.2, 0.25) is 0 Å². The molecule has 1 heterocycles. The molecule has 0 saturated carbocycles. The lowest BCUT2D eigenvalue weighted by atomic mass is 10.1. The number of aryl methyl sites for hydroxylation is 1. The molecule has 21 heavy (non-hydrogen) atoms. The summed E-state index contributed by atoms with van der Waals surface area (Å²) in [6, 6.07) is 10.0. The molecule has 1 aromatic heterocycles. The fraction of sp³-hybridized carbons (Fsp3) is 0.250. The molecule has 0 spiro atoms. The highest BCUT2D eigenvalue weighted by Crippen LogP contribution is 2.31. The molecule has 2 N–H and O–H groups in total. The van der Waals surface area contributed by atoms with Gasteiger partial charge in [-0.3, -0.25) is 4.98 Å². The Morgan fingerprint density at radius 2 is 2.24 bits per heavy atom. The molecule has 2 amide bonds. The average molecular weight is 285 g/mol. The van der Waals surface area contributed by atoms with Gasteiger partial charge in [0.05, 0.1) is 18.3 Å². The maximum atomic E-state index is 13.2. The van der Waals surface area contributed by atoms with Crippen molar-refractivity contribution in [2.75, 3.05) is 0 Å². The third-order valence-electron chi connectivity index (χ3n) is 3.64. The number of nitrogens with zero attached hydrogens (tertiary/aromatic N) is 1. The van der Waals surface area contributed by atoms with Gasteiger partial charge in [0.25, 0.3) is 0 Å². The maximum Gasteiger partial charge on any atom is 0.315 e. The van der Waals surface area contributed by atoms with E-state index in [1.807, 2.05) is 18.2 Å². The zero-order valence-corrected chi connectivity index (χ0v) is 11.5. The number of pyridine rings is 1. The Morgan fingerprint density at radius 1 is 1.33 bits per heavy atom. The molecule has 0 fully saturated rings. The van der Waals surface area contributed by atoms with Crippen LogP contribution in [0.4, 0.5) is 9.18 Å². The van der Waals surface area contributed by atoms with Crippen molar-refractivity contribution in [3.63, 3.8) is 0 Å². The lowest BCUT2D eigenvalue weighted by molar-refractivity contribution is 0.236. The SMILES string of the molecule is O=C(NCc1ccccn1)N[C@H]1CCc2cc(F)ccc21. The third kappa shape index (κ3) is 3.18. The molecule has 2 aromatic rings. The summed E-state index contributed by atoms with van der Waals surface area (Å²) in [5.41, 5.74) is 2.79. The largest absolute Gasteiger partial charge is 0.332 e. The molecule has 1 atom stereocenters. The highest BCUT2D eigenvalue weighted by molar-refractivity contribution is 5.74. The van der Waals surface area contributed by atoms with Crippen molar-refractivity contribution in [1.29, 1.82) is 0 Å². The molecule has 0 saturated heterocycles. The number of amides is 2. The third-order valence-corrected chi connectivity index (χ3v) is 3.64.